The molecule has 4 N–H and O–H groups in total. The van der Waals surface area contributed by atoms with Crippen molar-refractivity contribution in [1.82, 2.24) is 10.3 Å². The van der Waals surface area contributed by atoms with Crippen LogP contribution in [-0.2, 0) is 6.54 Å². The van der Waals surface area contributed by atoms with Crippen molar-refractivity contribution in [3.63, 3.8) is 0 Å². The van der Waals surface area contributed by atoms with Crippen molar-refractivity contribution in [3.8, 4) is 0 Å². The van der Waals surface area contributed by atoms with E-state index in [9.17, 15) is 9.90 Å². The molecule has 5 heteroatoms. The van der Waals surface area contributed by atoms with Crippen LogP contribution in [0.3, 0.4) is 0 Å². The molecule has 1 heterocycles. The number of hydrogen-bond acceptors (Lipinski definition) is 4. The van der Waals surface area contributed by atoms with Gasteiger partial charge in [-0.15, -0.1) is 0 Å². The van der Waals surface area contributed by atoms with Gasteiger partial charge >= 0.3 is 0 Å². The second-order valence-corrected chi connectivity index (χ2v) is 5.52. The average Bonchev–Trinajstić information content (AvgIpc) is 2.48. The second kappa shape index (κ2) is 6.83. The Labute approximate surface area is 119 Å². The van der Waals surface area contributed by atoms with E-state index >= 15 is 0 Å². The Balaban J connectivity index is 1.87. The molecule has 1 saturated heterocycles. The van der Waals surface area contributed by atoms with Crippen LogP contribution in [0.2, 0.25) is 0 Å². The number of aliphatic hydroxyl groups excluding tert-OH is 1. The van der Waals surface area contributed by atoms with Crippen molar-refractivity contribution in [3.05, 3.63) is 35.4 Å². The number of carbonyl (C=O) groups is 1. The van der Waals surface area contributed by atoms with Gasteiger partial charge in [0.1, 0.15) is 0 Å². The van der Waals surface area contributed by atoms with E-state index in [0.29, 0.717) is 11.5 Å². The lowest BCUT2D eigenvalue weighted by molar-refractivity contribution is 0.0695. The average molecular weight is 277 g/mol. The van der Waals surface area contributed by atoms with Crippen LogP contribution in [0.15, 0.2) is 24.3 Å². The van der Waals surface area contributed by atoms with Crippen molar-refractivity contribution in [1.29, 1.82) is 0 Å². The molecule has 1 aromatic rings. The Kier molecular flexibility index (Phi) is 5.11. The molecule has 0 aliphatic carbocycles. The minimum atomic E-state index is -0.269. The Morgan fingerprint density at radius 1 is 1.40 bits per heavy atom. The number of hydrazine groups is 1. The van der Waals surface area contributed by atoms with Gasteiger partial charge in [0.25, 0.3) is 5.91 Å². The number of nitrogens with two attached hydrogens (primary N) is 1. The summed E-state index contributed by atoms with van der Waals surface area (Å²) in [4.78, 5) is 13.7. The number of amides is 1. The summed E-state index contributed by atoms with van der Waals surface area (Å²) in [6.45, 7) is 4.79. The van der Waals surface area contributed by atoms with Crippen molar-refractivity contribution in [2.45, 2.75) is 32.4 Å². The van der Waals surface area contributed by atoms with Crippen molar-refractivity contribution in [2.75, 3.05) is 13.1 Å². The summed E-state index contributed by atoms with van der Waals surface area (Å²) in [6.07, 6.45) is 1.89. The molecular formula is C15H23N3O2. The number of rotatable bonds is 4. The molecule has 110 valence electrons. The largest absolute Gasteiger partial charge is 0.393 e. The normalized spacial score (nSPS) is 18.8. The second-order valence-electron chi connectivity index (χ2n) is 5.52. The Bertz CT molecular complexity index is 437. The fourth-order valence-electron chi connectivity index (χ4n) is 2.70. The predicted molar refractivity (Wildman–Crippen MR) is 77.8 cm³/mol. The van der Waals surface area contributed by atoms with Crippen LogP contribution < -0.4 is 11.3 Å². The lowest BCUT2D eigenvalue weighted by atomic mass is 9.92. The zero-order valence-corrected chi connectivity index (χ0v) is 11.9. The van der Waals surface area contributed by atoms with Crippen LogP contribution in [-0.4, -0.2) is 35.1 Å². The number of nitrogens with zero attached hydrogens (tertiary/aromatic N) is 1. The monoisotopic (exact) mass is 277 g/mol. The summed E-state index contributed by atoms with van der Waals surface area (Å²) in [5.74, 6) is 5.26. The van der Waals surface area contributed by atoms with Gasteiger partial charge in [-0.25, -0.2) is 5.84 Å². The number of hydrogen-bond donors (Lipinski definition) is 3. The molecule has 1 aromatic carbocycles. The molecule has 1 atom stereocenters. The highest BCUT2D eigenvalue weighted by Gasteiger charge is 2.22. The molecule has 1 fully saturated rings. The zero-order valence-electron chi connectivity index (χ0n) is 11.9. The number of piperidine rings is 1. The van der Waals surface area contributed by atoms with Crippen LogP contribution >= 0.6 is 0 Å². The van der Waals surface area contributed by atoms with Crippen molar-refractivity contribution in [2.24, 2.45) is 11.8 Å². The summed E-state index contributed by atoms with van der Waals surface area (Å²) in [7, 11) is 0. The Morgan fingerprint density at radius 3 is 2.50 bits per heavy atom. The van der Waals surface area contributed by atoms with E-state index < -0.39 is 0 Å². The van der Waals surface area contributed by atoms with Crippen LogP contribution in [0.25, 0.3) is 0 Å². The maximum atomic E-state index is 11.3. The summed E-state index contributed by atoms with van der Waals surface area (Å²) in [5.41, 5.74) is 3.89. The molecule has 0 aromatic heterocycles. The SMILES string of the molecule is CC(O)C1CCN(Cc2ccc(C(=O)NN)cc2)CC1. The highest BCUT2D eigenvalue weighted by Crippen LogP contribution is 2.21. The molecule has 1 amide bonds. The zero-order chi connectivity index (χ0) is 14.5. The van der Waals surface area contributed by atoms with Gasteiger partial charge in [-0.2, -0.15) is 0 Å². The highest BCUT2D eigenvalue weighted by atomic mass is 16.3. The number of nitrogen functional groups attached to an aromatic ring is 1. The highest BCUT2D eigenvalue weighted by molar-refractivity contribution is 5.93. The van der Waals surface area contributed by atoms with Gasteiger partial charge in [-0.05, 0) is 56.5 Å². The van der Waals surface area contributed by atoms with Crippen LogP contribution in [0.4, 0.5) is 0 Å². The van der Waals surface area contributed by atoms with Crippen molar-refractivity contribution < 1.29 is 9.90 Å². The first-order chi connectivity index (χ1) is 9.60. The molecule has 5 nitrogen and oxygen atoms in total. The minimum absolute atomic E-state index is 0.203. The van der Waals surface area contributed by atoms with Gasteiger partial charge in [-0.1, -0.05) is 12.1 Å². The summed E-state index contributed by atoms with van der Waals surface area (Å²) in [6, 6.07) is 7.51. The molecular weight excluding hydrogens is 254 g/mol. The molecule has 0 radical (unpaired) electrons. The quantitative estimate of drug-likeness (QED) is 0.434. The molecule has 0 spiro atoms. The molecule has 1 aliphatic heterocycles. The molecule has 0 saturated carbocycles. The Morgan fingerprint density at radius 2 is 2.00 bits per heavy atom. The van der Waals surface area contributed by atoms with E-state index in [-0.39, 0.29) is 12.0 Å². The van der Waals surface area contributed by atoms with Crippen LogP contribution in [0, 0.1) is 5.92 Å². The molecule has 0 bridgehead atoms. The van der Waals surface area contributed by atoms with E-state index in [1.165, 1.54) is 5.56 Å². The minimum Gasteiger partial charge on any atom is -0.393 e. The van der Waals surface area contributed by atoms with Crippen LogP contribution in [0.5, 0.6) is 0 Å². The number of nitrogens with one attached hydrogen (secondary N) is 1. The van der Waals surface area contributed by atoms with E-state index in [0.717, 1.165) is 32.5 Å². The van der Waals surface area contributed by atoms with Gasteiger partial charge in [-0.3, -0.25) is 15.1 Å². The third-order valence-corrected chi connectivity index (χ3v) is 4.07. The fourth-order valence-corrected chi connectivity index (χ4v) is 2.70. The third kappa shape index (κ3) is 3.79. The first-order valence-corrected chi connectivity index (χ1v) is 7.10. The molecule has 2 rings (SSSR count). The van der Waals surface area contributed by atoms with Gasteiger partial charge in [0.05, 0.1) is 6.10 Å². The van der Waals surface area contributed by atoms with Crippen molar-refractivity contribution >= 4 is 5.91 Å². The number of carbonyl (C=O) groups excluding carboxylic acids is 1. The van der Waals surface area contributed by atoms with E-state index in [2.05, 4.69) is 10.3 Å². The standard InChI is InChI=1S/C15H23N3O2/c1-11(19)13-6-8-18(9-7-13)10-12-2-4-14(5-3-12)15(20)17-16/h2-5,11,13,19H,6-10,16H2,1H3,(H,17,20). The maximum absolute atomic E-state index is 11.3. The number of benzene rings is 1. The molecule has 1 aliphatic rings. The topological polar surface area (TPSA) is 78.6 Å². The smallest absolute Gasteiger partial charge is 0.265 e. The fraction of sp³-hybridized carbons (Fsp3) is 0.533. The summed E-state index contributed by atoms with van der Waals surface area (Å²) >= 11 is 0. The predicted octanol–water partition coefficient (Wildman–Crippen LogP) is 0.883. The van der Waals surface area contributed by atoms with Gasteiger partial charge in [0, 0.05) is 12.1 Å². The van der Waals surface area contributed by atoms with Gasteiger partial charge in [0.2, 0.25) is 0 Å². The van der Waals surface area contributed by atoms with Crippen LogP contribution in [0.1, 0.15) is 35.7 Å². The lowest BCUT2D eigenvalue weighted by Gasteiger charge is -2.33. The molecule has 1 unspecified atom stereocenters. The first kappa shape index (κ1) is 15.0. The molecule has 20 heavy (non-hydrogen) atoms. The van der Waals surface area contributed by atoms with Gasteiger partial charge < -0.3 is 5.11 Å². The number of aliphatic hydroxyl groups is 1. The van der Waals surface area contributed by atoms with E-state index in [1.807, 2.05) is 19.1 Å². The maximum Gasteiger partial charge on any atom is 0.265 e. The van der Waals surface area contributed by atoms with E-state index in [4.69, 9.17) is 5.84 Å². The number of likely N-dealkylation sites (tertiary alicyclic amines) is 1. The van der Waals surface area contributed by atoms with Gasteiger partial charge in [0.15, 0.2) is 0 Å². The Hall–Kier alpha value is -1.43. The first-order valence-electron chi connectivity index (χ1n) is 7.10. The lowest BCUT2D eigenvalue weighted by Crippen LogP contribution is -2.36. The summed E-state index contributed by atoms with van der Waals surface area (Å²) < 4.78 is 0. The third-order valence-electron chi connectivity index (χ3n) is 4.07. The van der Waals surface area contributed by atoms with E-state index in [1.54, 1.807) is 12.1 Å². The summed E-state index contributed by atoms with van der Waals surface area (Å²) in [5, 5.41) is 9.59.